The Morgan fingerprint density at radius 3 is 2.90 bits per heavy atom. The van der Waals surface area contributed by atoms with E-state index in [4.69, 9.17) is 9.72 Å². The summed E-state index contributed by atoms with van der Waals surface area (Å²) in [5.41, 5.74) is 1.26. The maximum Gasteiger partial charge on any atom is 0.263 e. The topological polar surface area (TPSA) is 73.2 Å². The Bertz CT molecular complexity index is 989. The second kappa shape index (κ2) is 8.04. The van der Waals surface area contributed by atoms with E-state index >= 15 is 0 Å². The molecule has 2 aromatic rings. The third-order valence-corrected chi connectivity index (χ3v) is 8.30. The molecule has 2 aromatic heterocycles. The average Bonchev–Trinajstić information content (AvgIpc) is 3.23. The van der Waals surface area contributed by atoms with Gasteiger partial charge < -0.3 is 10.1 Å². The standard InChI is InChI=1S/C21H27N3O3S2/c1-12(18(25)22-13-8-9-13)28-21-23-19-17(15-6-2-3-7-16(15)29-19)20(26)24(21)11-14-5-4-10-27-14/h12-14H,2-11H2,1H3,(H,22,25). The van der Waals surface area contributed by atoms with Gasteiger partial charge in [-0.05, 0) is 63.9 Å². The van der Waals surface area contributed by atoms with Gasteiger partial charge in [0.15, 0.2) is 5.16 Å². The maximum absolute atomic E-state index is 13.6. The number of thioether (sulfide) groups is 1. The van der Waals surface area contributed by atoms with Crippen LogP contribution in [-0.2, 0) is 28.9 Å². The Hall–Kier alpha value is -1.38. The molecule has 3 aliphatic rings. The number of carbonyl (C=O) groups is 1. The molecule has 2 aliphatic carbocycles. The molecule has 29 heavy (non-hydrogen) atoms. The van der Waals surface area contributed by atoms with Crippen molar-refractivity contribution in [2.75, 3.05) is 6.61 Å². The molecule has 0 radical (unpaired) electrons. The average molecular weight is 434 g/mol. The molecule has 2 atom stereocenters. The predicted molar refractivity (Wildman–Crippen MR) is 116 cm³/mol. The lowest BCUT2D eigenvalue weighted by Gasteiger charge is -2.18. The number of ether oxygens (including phenoxy) is 1. The van der Waals surface area contributed by atoms with Crippen LogP contribution in [0, 0.1) is 0 Å². The van der Waals surface area contributed by atoms with Gasteiger partial charge in [0.25, 0.3) is 5.56 Å². The molecule has 8 heteroatoms. The number of fused-ring (bicyclic) bond motifs is 3. The van der Waals surface area contributed by atoms with Gasteiger partial charge in [0.05, 0.1) is 23.3 Å². The number of thiophene rings is 1. The first-order chi connectivity index (χ1) is 14.1. The number of carbonyl (C=O) groups excluding carboxylic acids is 1. The fourth-order valence-electron chi connectivity index (χ4n) is 4.22. The third-order valence-electron chi connectivity index (χ3n) is 6.03. The van der Waals surface area contributed by atoms with E-state index in [0.717, 1.165) is 61.8 Å². The van der Waals surface area contributed by atoms with E-state index in [1.54, 1.807) is 15.9 Å². The van der Waals surface area contributed by atoms with E-state index in [2.05, 4.69) is 5.32 Å². The van der Waals surface area contributed by atoms with Crippen molar-refractivity contribution in [1.82, 2.24) is 14.9 Å². The predicted octanol–water partition coefficient (Wildman–Crippen LogP) is 3.28. The molecule has 1 saturated carbocycles. The van der Waals surface area contributed by atoms with Crippen LogP contribution in [0.2, 0.25) is 0 Å². The number of nitrogens with zero attached hydrogens (tertiary/aromatic N) is 2. The highest BCUT2D eigenvalue weighted by atomic mass is 32.2. The first-order valence-electron chi connectivity index (χ1n) is 10.7. The maximum atomic E-state index is 13.6. The molecular formula is C21H27N3O3S2. The summed E-state index contributed by atoms with van der Waals surface area (Å²) in [6.07, 6.45) is 8.53. The fraction of sp³-hybridized carbons (Fsp3) is 0.667. The van der Waals surface area contributed by atoms with E-state index in [1.807, 2.05) is 6.92 Å². The molecule has 6 nitrogen and oxygen atoms in total. The Labute approximate surface area is 178 Å². The van der Waals surface area contributed by atoms with Gasteiger partial charge in [-0.15, -0.1) is 11.3 Å². The molecular weight excluding hydrogens is 406 g/mol. The highest BCUT2D eigenvalue weighted by Gasteiger charge is 2.29. The van der Waals surface area contributed by atoms with Crippen molar-refractivity contribution in [3.8, 4) is 0 Å². The lowest BCUT2D eigenvalue weighted by molar-refractivity contribution is -0.120. The minimum absolute atomic E-state index is 0.0287. The third kappa shape index (κ3) is 3.99. The largest absolute Gasteiger partial charge is 0.376 e. The van der Waals surface area contributed by atoms with Crippen molar-refractivity contribution in [2.24, 2.45) is 0 Å². The molecule has 2 fully saturated rings. The summed E-state index contributed by atoms with van der Waals surface area (Å²) in [5.74, 6) is 0.0287. The van der Waals surface area contributed by atoms with Crippen molar-refractivity contribution in [3.05, 3.63) is 20.8 Å². The van der Waals surface area contributed by atoms with Crippen LogP contribution in [0.25, 0.3) is 10.2 Å². The second-order valence-electron chi connectivity index (χ2n) is 8.38. The van der Waals surface area contributed by atoms with E-state index in [1.165, 1.54) is 28.6 Å². The monoisotopic (exact) mass is 433 g/mol. The highest BCUT2D eigenvalue weighted by molar-refractivity contribution is 8.00. The second-order valence-corrected chi connectivity index (χ2v) is 10.8. The molecule has 0 spiro atoms. The van der Waals surface area contributed by atoms with Crippen molar-refractivity contribution in [2.45, 2.75) is 87.4 Å². The number of rotatable bonds is 6. The summed E-state index contributed by atoms with van der Waals surface area (Å²) in [6, 6.07) is 0.332. The van der Waals surface area contributed by atoms with Crippen LogP contribution in [0.1, 0.15) is 55.9 Å². The number of amides is 1. The van der Waals surface area contributed by atoms with E-state index in [0.29, 0.717) is 17.7 Å². The normalized spacial score (nSPS) is 22.6. The first-order valence-corrected chi connectivity index (χ1v) is 12.4. The van der Waals surface area contributed by atoms with Crippen LogP contribution in [0.4, 0.5) is 0 Å². The molecule has 5 rings (SSSR count). The summed E-state index contributed by atoms with van der Waals surface area (Å²) in [4.78, 5) is 33.1. The number of aromatic nitrogens is 2. The van der Waals surface area contributed by atoms with Crippen molar-refractivity contribution < 1.29 is 9.53 Å². The molecule has 1 saturated heterocycles. The zero-order valence-corrected chi connectivity index (χ0v) is 18.4. The molecule has 0 bridgehead atoms. The summed E-state index contributed by atoms with van der Waals surface area (Å²) < 4.78 is 7.60. The molecule has 1 aliphatic heterocycles. The quantitative estimate of drug-likeness (QED) is 0.559. The highest BCUT2D eigenvalue weighted by Crippen LogP contribution is 2.35. The lowest BCUT2D eigenvalue weighted by atomic mass is 9.97. The molecule has 1 amide bonds. The fourth-order valence-corrected chi connectivity index (χ4v) is 6.45. The van der Waals surface area contributed by atoms with Gasteiger partial charge in [0.2, 0.25) is 5.91 Å². The number of hydrogen-bond acceptors (Lipinski definition) is 6. The number of nitrogens with one attached hydrogen (secondary N) is 1. The Balaban J connectivity index is 1.52. The van der Waals surface area contributed by atoms with Gasteiger partial charge in [-0.25, -0.2) is 4.98 Å². The minimum Gasteiger partial charge on any atom is -0.376 e. The SMILES string of the molecule is CC(Sc1nc2sc3c(c2c(=O)n1CC1CCCO1)CCCC3)C(=O)NC1CC1. The van der Waals surface area contributed by atoms with Crippen LogP contribution in [0.3, 0.4) is 0 Å². The molecule has 3 heterocycles. The molecule has 156 valence electrons. The Morgan fingerprint density at radius 2 is 2.14 bits per heavy atom. The number of aryl methyl sites for hydroxylation is 2. The summed E-state index contributed by atoms with van der Waals surface area (Å²) in [6.45, 7) is 3.17. The molecule has 1 N–H and O–H groups in total. The van der Waals surface area contributed by atoms with Gasteiger partial charge in [-0.2, -0.15) is 0 Å². The Kier molecular flexibility index (Phi) is 5.43. The Morgan fingerprint density at radius 1 is 1.31 bits per heavy atom. The van der Waals surface area contributed by atoms with Crippen LogP contribution >= 0.6 is 23.1 Å². The van der Waals surface area contributed by atoms with Crippen molar-refractivity contribution >= 4 is 39.2 Å². The molecule has 2 unspecified atom stereocenters. The summed E-state index contributed by atoms with van der Waals surface area (Å²) in [5, 5.41) is 4.23. The zero-order chi connectivity index (χ0) is 20.0. The lowest BCUT2D eigenvalue weighted by Crippen LogP contribution is -2.34. The van der Waals surface area contributed by atoms with Crippen LogP contribution in [-0.4, -0.2) is 39.5 Å². The first kappa shape index (κ1) is 19.6. The van der Waals surface area contributed by atoms with E-state index in [9.17, 15) is 9.59 Å². The number of hydrogen-bond donors (Lipinski definition) is 1. The van der Waals surface area contributed by atoms with E-state index in [-0.39, 0.29) is 22.8 Å². The smallest absolute Gasteiger partial charge is 0.263 e. The zero-order valence-electron chi connectivity index (χ0n) is 16.7. The van der Waals surface area contributed by atoms with Gasteiger partial charge >= 0.3 is 0 Å². The van der Waals surface area contributed by atoms with Crippen LogP contribution in [0.5, 0.6) is 0 Å². The van der Waals surface area contributed by atoms with Gasteiger partial charge in [0, 0.05) is 17.5 Å². The van der Waals surface area contributed by atoms with Crippen LogP contribution < -0.4 is 10.9 Å². The molecule has 0 aromatic carbocycles. The van der Waals surface area contributed by atoms with Crippen molar-refractivity contribution in [3.63, 3.8) is 0 Å². The minimum atomic E-state index is -0.287. The van der Waals surface area contributed by atoms with Gasteiger partial charge in [0.1, 0.15) is 4.83 Å². The summed E-state index contributed by atoms with van der Waals surface area (Å²) in [7, 11) is 0. The van der Waals surface area contributed by atoms with Gasteiger partial charge in [-0.3, -0.25) is 14.2 Å². The summed E-state index contributed by atoms with van der Waals surface area (Å²) >= 11 is 3.06. The van der Waals surface area contributed by atoms with E-state index < -0.39 is 0 Å². The van der Waals surface area contributed by atoms with Crippen molar-refractivity contribution in [1.29, 1.82) is 0 Å². The van der Waals surface area contributed by atoms with Gasteiger partial charge in [-0.1, -0.05) is 11.8 Å². The van der Waals surface area contributed by atoms with Crippen LogP contribution in [0.15, 0.2) is 9.95 Å².